The molecular formula is C32H36FN3O3. The normalized spacial score (nSPS) is 19.6. The number of nitrogens with zero attached hydrogens (tertiary/aromatic N) is 3. The molecule has 0 unspecified atom stereocenters. The van der Waals surface area contributed by atoms with Crippen molar-refractivity contribution < 1.29 is 19.0 Å². The molecule has 204 valence electrons. The molecule has 0 bridgehead atoms. The number of para-hydroxylation sites is 2. The molecule has 0 radical (unpaired) electrons. The van der Waals surface area contributed by atoms with E-state index in [-0.39, 0.29) is 17.0 Å². The topological polar surface area (TPSA) is 56.3 Å². The molecule has 0 saturated carbocycles. The van der Waals surface area contributed by atoms with Crippen LogP contribution in [0.15, 0.2) is 84.6 Å². The molecule has 39 heavy (non-hydrogen) atoms. The molecule has 0 aliphatic carbocycles. The summed E-state index contributed by atoms with van der Waals surface area (Å²) in [5, 5.41) is 11.6. The van der Waals surface area contributed by atoms with Crippen LogP contribution in [0, 0.1) is 5.82 Å². The predicted octanol–water partition coefficient (Wildman–Crippen LogP) is 4.94. The number of allylic oxidation sites excluding steroid dienone is 1. The average Bonchev–Trinajstić information content (AvgIpc) is 3.14. The number of ether oxygens (including phenoxy) is 1. The number of halogens is 1. The van der Waals surface area contributed by atoms with E-state index >= 15 is 0 Å². The highest BCUT2D eigenvalue weighted by Gasteiger charge is 2.40. The number of ketones is 1. The fraction of sp³-hybridized carbons (Fsp3) is 0.344. The minimum Gasteiger partial charge on any atom is -0.497 e. The van der Waals surface area contributed by atoms with E-state index in [1.807, 2.05) is 65.4 Å². The Balaban J connectivity index is 1.42. The van der Waals surface area contributed by atoms with Crippen LogP contribution in [0.1, 0.15) is 31.0 Å². The van der Waals surface area contributed by atoms with Gasteiger partial charge in [-0.05, 0) is 41.5 Å². The number of piperazine rings is 1. The standard InChI is InChI=1S/C32H36FN3O3/c1-32(2)24-9-5-7-11-26(24)34(3)29(32)21-28(37)31(38)30(22-13-15-23(39-4)16-14-22)36-19-17-35(18-20-36)27-12-8-6-10-25(27)33/h5-16,21,30-31,38H,17-20H2,1-4H3/b29-21+/t30-,31-/m0/s1. The van der Waals surface area contributed by atoms with Gasteiger partial charge in [0.25, 0.3) is 0 Å². The Kier molecular flexibility index (Phi) is 7.47. The molecule has 5 rings (SSSR count). The molecule has 2 heterocycles. The lowest BCUT2D eigenvalue weighted by Gasteiger charge is -2.41. The van der Waals surface area contributed by atoms with Crippen molar-refractivity contribution in [2.75, 3.05) is 50.1 Å². The summed E-state index contributed by atoms with van der Waals surface area (Å²) >= 11 is 0. The number of hydrogen-bond donors (Lipinski definition) is 1. The first-order chi connectivity index (χ1) is 18.7. The maximum absolute atomic E-state index is 14.4. The van der Waals surface area contributed by atoms with Crippen molar-refractivity contribution in [1.29, 1.82) is 0 Å². The van der Waals surface area contributed by atoms with Crippen LogP contribution in [0.5, 0.6) is 5.75 Å². The second-order valence-corrected chi connectivity index (χ2v) is 10.8. The van der Waals surface area contributed by atoms with E-state index in [1.54, 1.807) is 25.3 Å². The lowest BCUT2D eigenvalue weighted by Crippen LogP contribution is -2.51. The van der Waals surface area contributed by atoms with Crippen LogP contribution in [0.2, 0.25) is 0 Å². The van der Waals surface area contributed by atoms with Gasteiger partial charge >= 0.3 is 0 Å². The summed E-state index contributed by atoms with van der Waals surface area (Å²) in [4.78, 5) is 19.9. The molecule has 3 aromatic rings. The number of fused-ring (bicyclic) bond motifs is 1. The highest BCUT2D eigenvalue weighted by molar-refractivity contribution is 5.96. The lowest BCUT2D eigenvalue weighted by molar-refractivity contribution is -0.126. The predicted molar refractivity (Wildman–Crippen MR) is 153 cm³/mol. The van der Waals surface area contributed by atoms with Crippen LogP contribution in [0.25, 0.3) is 0 Å². The van der Waals surface area contributed by atoms with Gasteiger partial charge in [0.1, 0.15) is 17.7 Å². The third-order valence-electron chi connectivity index (χ3n) is 8.17. The van der Waals surface area contributed by atoms with Crippen LogP contribution in [0.3, 0.4) is 0 Å². The Morgan fingerprint density at radius 3 is 2.18 bits per heavy atom. The number of methoxy groups -OCH3 is 1. The minimum absolute atomic E-state index is 0.246. The van der Waals surface area contributed by atoms with Crippen LogP contribution in [-0.2, 0) is 10.2 Å². The number of benzene rings is 3. The molecule has 7 heteroatoms. The van der Waals surface area contributed by atoms with E-state index in [9.17, 15) is 14.3 Å². The van der Waals surface area contributed by atoms with Crippen molar-refractivity contribution in [3.8, 4) is 5.75 Å². The minimum atomic E-state index is -1.28. The van der Waals surface area contributed by atoms with Crippen LogP contribution >= 0.6 is 0 Å². The van der Waals surface area contributed by atoms with Gasteiger partial charge in [0.05, 0.1) is 18.8 Å². The van der Waals surface area contributed by atoms with Gasteiger partial charge in [-0.3, -0.25) is 9.69 Å². The van der Waals surface area contributed by atoms with E-state index in [0.29, 0.717) is 37.6 Å². The first kappa shape index (κ1) is 26.9. The second kappa shape index (κ2) is 10.8. The molecule has 1 N–H and O–H groups in total. The van der Waals surface area contributed by atoms with Crippen molar-refractivity contribution >= 4 is 17.2 Å². The van der Waals surface area contributed by atoms with Crippen LogP contribution < -0.4 is 14.5 Å². The zero-order valence-electron chi connectivity index (χ0n) is 23.0. The third kappa shape index (κ3) is 5.04. The van der Waals surface area contributed by atoms with E-state index in [4.69, 9.17) is 4.74 Å². The van der Waals surface area contributed by atoms with Gasteiger partial charge in [-0.2, -0.15) is 0 Å². The Morgan fingerprint density at radius 1 is 0.949 bits per heavy atom. The number of carbonyl (C=O) groups excluding carboxylic acids is 1. The summed E-state index contributed by atoms with van der Waals surface area (Å²) in [5.74, 6) is 0.121. The number of aliphatic hydroxyl groups excluding tert-OH is 1. The molecule has 2 aliphatic rings. The average molecular weight is 530 g/mol. The third-order valence-corrected chi connectivity index (χ3v) is 8.17. The number of aliphatic hydroxyl groups is 1. The highest BCUT2D eigenvalue weighted by atomic mass is 19.1. The monoisotopic (exact) mass is 529 g/mol. The molecular weight excluding hydrogens is 493 g/mol. The van der Waals surface area contributed by atoms with Gasteiger partial charge < -0.3 is 19.6 Å². The molecule has 3 aromatic carbocycles. The number of likely N-dealkylation sites (N-methyl/N-ethyl adjacent to an activating group) is 1. The van der Waals surface area contributed by atoms with E-state index in [0.717, 1.165) is 22.5 Å². The summed E-state index contributed by atoms with van der Waals surface area (Å²) in [7, 11) is 3.57. The summed E-state index contributed by atoms with van der Waals surface area (Å²) in [5.41, 5.74) is 4.10. The quantitative estimate of drug-likeness (QED) is 0.438. The van der Waals surface area contributed by atoms with Crippen molar-refractivity contribution in [2.24, 2.45) is 0 Å². The molecule has 0 amide bonds. The molecule has 0 spiro atoms. The summed E-state index contributed by atoms with van der Waals surface area (Å²) in [6.45, 7) is 6.51. The number of hydrogen-bond acceptors (Lipinski definition) is 6. The fourth-order valence-electron chi connectivity index (χ4n) is 5.98. The van der Waals surface area contributed by atoms with Gasteiger partial charge in [0.15, 0.2) is 5.78 Å². The fourth-order valence-corrected chi connectivity index (χ4v) is 5.98. The van der Waals surface area contributed by atoms with Gasteiger partial charge in [0, 0.05) is 56.1 Å². The summed E-state index contributed by atoms with van der Waals surface area (Å²) in [6.07, 6.45) is 0.329. The van der Waals surface area contributed by atoms with Gasteiger partial charge in [0.2, 0.25) is 0 Å². The lowest BCUT2D eigenvalue weighted by atomic mass is 9.83. The molecule has 2 aliphatic heterocycles. The first-order valence-corrected chi connectivity index (χ1v) is 13.4. The van der Waals surface area contributed by atoms with E-state index in [1.165, 1.54) is 6.07 Å². The zero-order chi connectivity index (χ0) is 27.7. The summed E-state index contributed by atoms with van der Waals surface area (Å²) < 4.78 is 19.8. The zero-order valence-corrected chi connectivity index (χ0v) is 23.0. The highest BCUT2D eigenvalue weighted by Crippen LogP contribution is 2.46. The smallest absolute Gasteiger partial charge is 0.187 e. The van der Waals surface area contributed by atoms with Crippen LogP contribution in [-0.4, -0.2) is 62.2 Å². The number of anilines is 2. The Labute approximate surface area is 229 Å². The van der Waals surface area contributed by atoms with Crippen molar-refractivity contribution in [1.82, 2.24) is 4.90 Å². The molecule has 0 aromatic heterocycles. The molecule has 6 nitrogen and oxygen atoms in total. The SMILES string of the molecule is COc1ccc([C@@H]([C@@H](O)C(=O)/C=C2/N(C)c3ccccc3C2(C)C)N2CCN(c3ccccc3F)CC2)cc1. The van der Waals surface area contributed by atoms with Crippen molar-refractivity contribution in [2.45, 2.75) is 31.4 Å². The van der Waals surface area contributed by atoms with Gasteiger partial charge in [-0.1, -0.05) is 56.3 Å². The number of carbonyl (C=O) groups is 1. The van der Waals surface area contributed by atoms with Crippen molar-refractivity contribution in [3.05, 3.63) is 102 Å². The van der Waals surface area contributed by atoms with Gasteiger partial charge in [-0.15, -0.1) is 0 Å². The van der Waals surface area contributed by atoms with E-state index < -0.39 is 12.1 Å². The Hall–Kier alpha value is -3.68. The largest absolute Gasteiger partial charge is 0.497 e. The maximum atomic E-state index is 14.4. The Morgan fingerprint density at radius 2 is 1.56 bits per heavy atom. The van der Waals surface area contributed by atoms with Crippen molar-refractivity contribution in [3.63, 3.8) is 0 Å². The Bertz CT molecular complexity index is 1360. The molecule has 1 fully saturated rings. The molecule has 2 atom stereocenters. The van der Waals surface area contributed by atoms with Gasteiger partial charge in [-0.25, -0.2) is 4.39 Å². The maximum Gasteiger partial charge on any atom is 0.187 e. The van der Waals surface area contributed by atoms with Crippen LogP contribution in [0.4, 0.5) is 15.8 Å². The van der Waals surface area contributed by atoms with E-state index in [2.05, 4.69) is 24.8 Å². The first-order valence-electron chi connectivity index (χ1n) is 13.4. The molecule has 1 saturated heterocycles. The second-order valence-electron chi connectivity index (χ2n) is 10.8. The number of rotatable bonds is 7. The summed E-state index contributed by atoms with van der Waals surface area (Å²) in [6, 6.07) is 21.9.